The summed E-state index contributed by atoms with van der Waals surface area (Å²) < 4.78 is 10.2. The molecule has 0 saturated carbocycles. The van der Waals surface area contributed by atoms with Crippen LogP contribution in [0.4, 0.5) is 21.0 Å². The molecule has 150 valence electrons. The fraction of sp³-hybridized carbons (Fsp3) is 0.300. The van der Waals surface area contributed by atoms with E-state index in [2.05, 4.69) is 10.6 Å². The number of ether oxygens (including phenoxy) is 2. The lowest BCUT2D eigenvalue weighted by Gasteiger charge is -2.13. The summed E-state index contributed by atoms with van der Waals surface area (Å²) in [7, 11) is 0. The normalized spacial score (nSPS) is 10.4. The van der Waals surface area contributed by atoms with E-state index in [-0.39, 0.29) is 30.6 Å². The smallest absolute Gasteiger partial charge is 0.411 e. The highest BCUT2D eigenvalue weighted by Gasteiger charge is 2.09. The standard InChI is InChI=1S/C20H24N2O6/c1-14(10-12-27-19(25)21-15-2-6-17(23)7-3-15)11-13-28-20(26)22-16-4-8-18(24)9-5-16/h2-9,14,23-24H,10-13H2,1H3,(H,21,25)(H,22,26). The zero-order valence-electron chi connectivity index (χ0n) is 15.6. The Bertz CT molecular complexity index is 696. The maximum Gasteiger partial charge on any atom is 0.411 e. The van der Waals surface area contributed by atoms with Gasteiger partial charge in [-0.2, -0.15) is 0 Å². The molecule has 2 amide bonds. The lowest BCUT2D eigenvalue weighted by atomic mass is 10.1. The van der Waals surface area contributed by atoms with E-state index in [1.807, 2.05) is 6.92 Å². The van der Waals surface area contributed by atoms with E-state index in [0.29, 0.717) is 24.2 Å². The van der Waals surface area contributed by atoms with E-state index in [9.17, 15) is 19.8 Å². The molecule has 2 aromatic rings. The Labute approximate surface area is 163 Å². The summed E-state index contributed by atoms with van der Waals surface area (Å²) in [4.78, 5) is 23.4. The molecule has 8 nitrogen and oxygen atoms in total. The van der Waals surface area contributed by atoms with Crippen molar-refractivity contribution >= 4 is 23.6 Å². The lowest BCUT2D eigenvalue weighted by Crippen LogP contribution is -2.17. The first-order valence-electron chi connectivity index (χ1n) is 8.88. The summed E-state index contributed by atoms with van der Waals surface area (Å²) in [5.74, 6) is 0.432. The largest absolute Gasteiger partial charge is 0.508 e. The Kier molecular flexibility index (Phi) is 7.95. The van der Waals surface area contributed by atoms with Gasteiger partial charge in [0.15, 0.2) is 0 Å². The zero-order chi connectivity index (χ0) is 20.4. The molecular formula is C20H24N2O6. The SMILES string of the molecule is CC(CCOC(=O)Nc1ccc(O)cc1)CCOC(=O)Nc1ccc(O)cc1. The molecule has 28 heavy (non-hydrogen) atoms. The number of hydrogen-bond donors (Lipinski definition) is 4. The van der Waals surface area contributed by atoms with Crippen molar-refractivity contribution in [3.8, 4) is 11.5 Å². The summed E-state index contributed by atoms with van der Waals surface area (Å²) in [5.41, 5.74) is 1.06. The quantitative estimate of drug-likeness (QED) is 0.501. The van der Waals surface area contributed by atoms with Gasteiger partial charge in [-0.15, -0.1) is 0 Å². The summed E-state index contributed by atoms with van der Waals surface area (Å²) in [6, 6.07) is 12.1. The molecule has 0 heterocycles. The van der Waals surface area contributed by atoms with Crippen molar-refractivity contribution in [2.24, 2.45) is 5.92 Å². The summed E-state index contributed by atoms with van der Waals surface area (Å²) in [6.45, 7) is 2.46. The Hall–Kier alpha value is -3.42. The molecule has 0 unspecified atom stereocenters. The van der Waals surface area contributed by atoms with E-state index in [0.717, 1.165) is 0 Å². The molecule has 0 aliphatic rings. The number of benzene rings is 2. The Morgan fingerprint density at radius 1 is 0.786 bits per heavy atom. The molecule has 0 aliphatic carbocycles. The van der Waals surface area contributed by atoms with Crippen LogP contribution in [0.3, 0.4) is 0 Å². The zero-order valence-corrected chi connectivity index (χ0v) is 15.6. The van der Waals surface area contributed by atoms with Gasteiger partial charge in [0.25, 0.3) is 0 Å². The molecular weight excluding hydrogens is 364 g/mol. The van der Waals surface area contributed by atoms with Gasteiger partial charge in [0.1, 0.15) is 11.5 Å². The van der Waals surface area contributed by atoms with Crippen LogP contribution in [-0.4, -0.2) is 35.6 Å². The van der Waals surface area contributed by atoms with Crippen LogP contribution in [0.2, 0.25) is 0 Å². The number of nitrogens with one attached hydrogen (secondary N) is 2. The van der Waals surface area contributed by atoms with Gasteiger partial charge in [0.2, 0.25) is 0 Å². The first kappa shape index (κ1) is 20.9. The molecule has 0 aromatic heterocycles. The molecule has 8 heteroatoms. The monoisotopic (exact) mass is 388 g/mol. The summed E-state index contributed by atoms with van der Waals surface area (Å²) in [5, 5.41) is 23.5. The second kappa shape index (κ2) is 10.7. The lowest BCUT2D eigenvalue weighted by molar-refractivity contribution is 0.141. The van der Waals surface area contributed by atoms with E-state index in [1.54, 1.807) is 24.3 Å². The maximum absolute atomic E-state index is 11.7. The van der Waals surface area contributed by atoms with Crippen molar-refractivity contribution in [2.45, 2.75) is 19.8 Å². The average Bonchev–Trinajstić information content (AvgIpc) is 2.65. The van der Waals surface area contributed by atoms with Crippen LogP contribution >= 0.6 is 0 Å². The summed E-state index contributed by atoms with van der Waals surface area (Å²) >= 11 is 0. The molecule has 2 rings (SSSR count). The van der Waals surface area contributed by atoms with Crippen LogP contribution < -0.4 is 10.6 Å². The van der Waals surface area contributed by atoms with Crippen molar-refractivity contribution in [2.75, 3.05) is 23.8 Å². The number of rotatable bonds is 8. The fourth-order valence-electron chi connectivity index (χ4n) is 2.25. The second-order valence-electron chi connectivity index (χ2n) is 6.30. The van der Waals surface area contributed by atoms with Gasteiger partial charge in [-0.25, -0.2) is 9.59 Å². The topological polar surface area (TPSA) is 117 Å². The van der Waals surface area contributed by atoms with Crippen molar-refractivity contribution < 1.29 is 29.3 Å². The number of hydrogen-bond acceptors (Lipinski definition) is 6. The van der Waals surface area contributed by atoms with Crippen LogP contribution in [0.1, 0.15) is 19.8 Å². The van der Waals surface area contributed by atoms with Gasteiger partial charge in [0.05, 0.1) is 13.2 Å². The van der Waals surface area contributed by atoms with Crippen LogP contribution in [0.5, 0.6) is 11.5 Å². The minimum atomic E-state index is -0.567. The molecule has 2 aromatic carbocycles. The highest BCUT2D eigenvalue weighted by molar-refractivity contribution is 5.85. The van der Waals surface area contributed by atoms with Gasteiger partial charge < -0.3 is 19.7 Å². The van der Waals surface area contributed by atoms with Crippen molar-refractivity contribution in [3.05, 3.63) is 48.5 Å². The van der Waals surface area contributed by atoms with Crippen molar-refractivity contribution in [3.63, 3.8) is 0 Å². The number of carbonyl (C=O) groups is 2. The first-order chi connectivity index (χ1) is 13.4. The van der Waals surface area contributed by atoms with Gasteiger partial charge >= 0.3 is 12.2 Å². The van der Waals surface area contributed by atoms with Gasteiger partial charge in [-0.1, -0.05) is 6.92 Å². The highest BCUT2D eigenvalue weighted by atomic mass is 16.6. The van der Waals surface area contributed by atoms with Crippen LogP contribution in [0, 0.1) is 5.92 Å². The predicted octanol–water partition coefficient (Wildman–Crippen LogP) is 4.31. The molecule has 0 aliphatic heterocycles. The molecule has 0 spiro atoms. The molecule has 4 N–H and O–H groups in total. The molecule has 0 fully saturated rings. The minimum absolute atomic E-state index is 0.117. The minimum Gasteiger partial charge on any atom is -0.508 e. The molecule has 0 atom stereocenters. The van der Waals surface area contributed by atoms with Crippen LogP contribution in [0.25, 0.3) is 0 Å². The van der Waals surface area contributed by atoms with Crippen molar-refractivity contribution in [1.82, 2.24) is 0 Å². The number of aromatic hydroxyl groups is 2. The third-order valence-electron chi connectivity index (χ3n) is 3.92. The van der Waals surface area contributed by atoms with Gasteiger partial charge in [-0.05, 0) is 67.3 Å². The van der Waals surface area contributed by atoms with E-state index >= 15 is 0 Å². The first-order valence-corrected chi connectivity index (χ1v) is 8.88. The Balaban J connectivity index is 1.56. The average molecular weight is 388 g/mol. The Morgan fingerprint density at radius 2 is 1.14 bits per heavy atom. The van der Waals surface area contributed by atoms with Gasteiger partial charge in [-0.3, -0.25) is 10.6 Å². The Morgan fingerprint density at radius 3 is 1.50 bits per heavy atom. The van der Waals surface area contributed by atoms with Crippen LogP contribution in [0.15, 0.2) is 48.5 Å². The number of phenolic OH excluding ortho intramolecular Hbond substituents is 2. The predicted molar refractivity (Wildman–Crippen MR) is 105 cm³/mol. The molecule has 0 bridgehead atoms. The van der Waals surface area contributed by atoms with Gasteiger partial charge in [0, 0.05) is 11.4 Å². The van der Waals surface area contributed by atoms with E-state index in [1.165, 1.54) is 24.3 Å². The number of anilines is 2. The maximum atomic E-state index is 11.7. The van der Waals surface area contributed by atoms with Crippen molar-refractivity contribution in [1.29, 1.82) is 0 Å². The molecule has 0 saturated heterocycles. The fourth-order valence-corrected chi connectivity index (χ4v) is 2.25. The third kappa shape index (κ3) is 7.86. The highest BCUT2D eigenvalue weighted by Crippen LogP contribution is 2.15. The number of amides is 2. The molecule has 0 radical (unpaired) electrons. The second-order valence-corrected chi connectivity index (χ2v) is 6.30. The van der Waals surface area contributed by atoms with E-state index in [4.69, 9.17) is 9.47 Å². The number of phenols is 2. The summed E-state index contributed by atoms with van der Waals surface area (Å²) in [6.07, 6.45) is 0.127. The third-order valence-corrected chi connectivity index (χ3v) is 3.92. The van der Waals surface area contributed by atoms with Crippen LogP contribution in [-0.2, 0) is 9.47 Å². The van der Waals surface area contributed by atoms with E-state index < -0.39 is 12.2 Å². The number of carbonyl (C=O) groups excluding carboxylic acids is 2.